The monoisotopic (exact) mass is 275 g/mol. The van der Waals surface area contributed by atoms with E-state index in [1.165, 1.54) is 0 Å². The molecule has 0 radical (unpaired) electrons. The molecule has 1 N–H and O–H groups in total. The lowest BCUT2D eigenvalue weighted by Crippen LogP contribution is -2.17. The summed E-state index contributed by atoms with van der Waals surface area (Å²) in [5, 5.41) is 3.22. The highest BCUT2D eigenvalue weighted by molar-refractivity contribution is 6.33. The van der Waals surface area contributed by atoms with Crippen LogP contribution in [0.25, 0.3) is 11.1 Å². The largest absolute Gasteiger partial charge is 0.497 e. The number of methoxy groups -OCH3 is 1. The molecule has 2 rings (SSSR count). The van der Waals surface area contributed by atoms with Crippen molar-refractivity contribution in [2.45, 2.75) is 0 Å². The van der Waals surface area contributed by atoms with Gasteiger partial charge in [-0.15, -0.1) is 0 Å². The second-order valence-electron chi connectivity index (χ2n) is 4.01. The van der Waals surface area contributed by atoms with Crippen LogP contribution in [0.1, 0.15) is 10.4 Å². The number of ether oxygens (including phenoxy) is 1. The summed E-state index contributed by atoms with van der Waals surface area (Å²) in [5.74, 6) is 0.602. The van der Waals surface area contributed by atoms with Gasteiger partial charge < -0.3 is 10.1 Å². The van der Waals surface area contributed by atoms with Gasteiger partial charge in [0.25, 0.3) is 5.91 Å². The van der Waals surface area contributed by atoms with Crippen LogP contribution in [0.4, 0.5) is 0 Å². The van der Waals surface area contributed by atoms with Crippen molar-refractivity contribution in [2.24, 2.45) is 0 Å². The molecule has 1 amide bonds. The lowest BCUT2D eigenvalue weighted by Gasteiger charge is -2.08. The summed E-state index contributed by atoms with van der Waals surface area (Å²) in [4.78, 5) is 11.6. The molecule has 2 aromatic rings. The molecule has 3 nitrogen and oxygen atoms in total. The summed E-state index contributed by atoms with van der Waals surface area (Å²) >= 11 is 6.20. The lowest BCUT2D eigenvalue weighted by molar-refractivity contribution is 0.0963. The van der Waals surface area contributed by atoms with Crippen LogP contribution in [0.2, 0.25) is 5.02 Å². The van der Waals surface area contributed by atoms with E-state index in [0.717, 1.165) is 16.9 Å². The number of hydrogen-bond acceptors (Lipinski definition) is 2. The van der Waals surface area contributed by atoms with Gasteiger partial charge in [-0.2, -0.15) is 0 Å². The Labute approximate surface area is 117 Å². The molecule has 2 aromatic carbocycles. The SMILES string of the molecule is CNC(=O)c1cccc(-c2cc(OC)ccc2Cl)c1. The van der Waals surface area contributed by atoms with Gasteiger partial charge in [0.1, 0.15) is 5.75 Å². The van der Waals surface area contributed by atoms with Gasteiger partial charge in [-0.25, -0.2) is 0 Å². The van der Waals surface area contributed by atoms with E-state index in [2.05, 4.69) is 5.32 Å². The zero-order chi connectivity index (χ0) is 13.8. The topological polar surface area (TPSA) is 38.3 Å². The van der Waals surface area contributed by atoms with Crippen molar-refractivity contribution >= 4 is 17.5 Å². The minimum absolute atomic E-state index is 0.124. The predicted octanol–water partition coefficient (Wildman–Crippen LogP) is 3.38. The Kier molecular flexibility index (Phi) is 4.07. The lowest BCUT2D eigenvalue weighted by atomic mass is 10.0. The van der Waals surface area contributed by atoms with Gasteiger partial charge in [0, 0.05) is 23.2 Å². The van der Waals surface area contributed by atoms with Crippen LogP contribution in [0.5, 0.6) is 5.75 Å². The van der Waals surface area contributed by atoms with E-state index in [-0.39, 0.29) is 5.91 Å². The minimum atomic E-state index is -0.124. The van der Waals surface area contributed by atoms with E-state index < -0.39 is 0 Å². The first kappa shape index (κ1) is 13.4. The minimum Gasteiger partial charge on any atom is -0.497 e. The van der Waals surface area contributed by atoms with Crippen LogP contribution in [0.3, 0.4) is 0 Å². The van der Waals surface area contributed by atoms with Gasteiger partial charge in [0.15, 0.2) is 0 Å². The van der Waals surface area contributed by atoms with E-state index in [1.54, 1.807) is 38.4 Å². The number of hydrogen-bond donors (Lipinski definition) is 1. The van der Waals surface area contributed by atoms with Gasteiger partial charge in [0.2, 0.25) is 0 Å². The Morgan fingerprint density at radius 2 is 2.00 bits per heavy atom. The maximum Gasteiger partial charge on any atom is 0.251 e. The van der Waals surface area contributed by atoms with Gasteiger partial charge in [-0.1, -0.05) is 23.7 Å². The maximum absolute atomic E-state index is 11.6. The van der Waals surface area contributed by atoms with Crippen LogP contribution < -0.4 is 10.1 Å². The molecular weight excluding hydrogens is 262 g/mol. The van der Waals surface area contributed by atoms with Crippen molar-refractivity contribution < 1.29 is 9.53 Å². The third-order valence-electron chi connectivity index (χ3n) is 2.84. The third kappa shape index (κ3) is 2.88. The first-order valence-electron chi connectivity index (χ1n) is 5.81. The van der Waals surface area contributed by atoms with Crippen LogP contribution in [0, 0.1) is 0 Å². The molecule has 0 bridgehead atoms. The summed E-state index contributed by atoms with van der Waals surface area (Å²) in [6.07, 6.45) is 0. The first-order valence-corrected chi connectivity index (χ1v) is 6.19. The van der Waals surface area contributed by atoms with Crippen molar-refractivity contribution in [1.82, 2.24) is 5.32 Å². The molecule has 0 unspecified atom stereocenters. The quantitative estimate of drug-likeness (QED) is 0.933. The molecule has 4 heteroatoms. The zero-order valence-corrected chi connectivity index (χ0v) is 11.5. The highest BCUT2D eigenvalue weighted by Crippen LogP contribution is 2.31. The number of halogens is 1. The van der Waals surface area contributed by atoms with Crippen molar-refractivity contribution in [1.29, 1.82) is 0 Å². The number of nitrogens with one attached hydrogen (secondary N) is 1. The van der Waals surface area contributed by atoms with Crippen molar-refractivity contribution in [3.63, 3.8) is 0 Å². The molecule has 0 aliphatic rings. The normalized spacial score (nSPS) is 10.1. The Morgan fingerprint density at radius 1 is 1.21 bits per heavy atom. The second-order valence-corrected chi connectivity index (χ2v) is 4.41. The molecule has 98 valence electrons. The van der Waals surface area contributed by atoms with Crippen molar-refractivity contribution in [2.75, 3.05) is 14.2 Å². The molecule has 0 aliphatic heterocycles. The van der Waals surface area contributed by atoms with E-state index in [0.29, 0.717) is 10.6 Å². The molecule has 0 aromatic heterocycles. The number of amides is 1. The summed E-state index contributed by atoms with van der Waals surface area (Å²) < 4.78 is 5.19. The summed E-state index contributed by atoms with van der Waals surface area (Å²) in [6.45, 7) is 0. The van der Waals surface area contributed by atoms with E-state index in [1.807, 2.05) is 18.2 Å². The van der Waals surface area contributed by atoms with Crippen LogP contribution >= 0.6 is 11.6 Å². The van der Waals surface area contributed by atoms with Gasteiger partial charge in [-0.05, 0) is 35.9 Å². The fourth-order valence-electron chi connectivity index (χ4n) is 1.82. The number of benzene rings is 2. The Hall–Kier alpha value is -2.00. The summed E-state index contributed by atoms with van der Waals surface area (Å²) in [5.41, 5.74) is 2.32. The molecule has 0 atom stereocenters. The van der Waals surface area contributed by atoms with Gasteiger partial charge in [0.05, 0.1) is 7.11 Å². The fraction of sp³-hybridized carbons (Fsp3) is 0.133. The maximum atomic E-state index is 11.6. The molecule has 19 heavy (non-hydrogen) atoms. The summed E-state index contributed by atoms with van der Waals surface area (Å²) in [6, 6.07) is 12.7. The highest BCUT2D eigenvalue weighted by atomic mass is 35.5. The van der Waals surface area contributed by atoms with Crippen LogP contribution in [0.15, 0.2) is 42.5 Å². The Balaban J connectivity index is 2.49. The van der Waals surface area contributed by atoms with Crippen LogP contribution in [-0.4, -0.2) is 20.1 Å². The summed E-state index contributed by atoms with van der Waals surface area (Å²) in [7, 11) is 3.21. The van der Waals surface area contributed by atoms with Gasteiger partial charge >= 0.3 is 0 Å². The van der Waals surface area contributed by atoms with Crippen molar-refractivity contribution in [3.05, 3.63) is 53.1 Å². The van der Waals surface area contributed by atoms with Crippen LogP contribution in [-0.2, 0) is 0 Å². The standard InChI is InChI=1S/C15H14ClNO2/c1-17-15(18)11-5-3-4-10(8-11)13-9-12(19-2)6-7-14(13)16/h3-9H,1-2H3,(H,17,18). The highest BCUT2D eigenvalue weighted by Gasteiger charge is 2.08. The van der Waals surface area contributed by atoms with E-state index in [9.17, 15) is 4.79 Å². The molecule has 0 heterocycles. The average molecular weight is 276 g/mol. The number of rotatable bonds is 3. The van der Waals surface area contributed by atoms with Crippen molar-refractivity contribution in [3.8, 4) is 16.9 Å². The third-order valence-corrected chi connectivity index (χ3v) is 3.17. The molecule has 0 aliphatic carbocycles. The molecule has 0 saturated carbocycles. The van der Waals surface area contributed by atoms with E-state index >= 15 is 0 Å². The molecule has 0 spiro atoms. The fourth-order valence-corrected chi connectivity index (χ4v) is 2.05. The predicted molar refractivity (Wildman–Crippen MR) is 76.8 cm³/mol. The molecular formula is C15H14ClNO2. The smallest absolute Gasteiger partial charge is 0.251 e. The number of carbonyl (C=O) groups excluding carboxylic acids is 1. The van der Waals surface area contributed by atoms with E-state index in [4.69, 9.17) is 16.3 Å². The average Bonchev–Trinajstić information content (AvgIpc) is 2.47. The molecule has 0 saturated heterocycles. The second kappa shape index (κ2) is 5.76. The zero-order valence-electron chi connectivity index (χ0n) is 10.7. The Bertz CT molecular complexity index is 611. The first-order chi connectivity index (χ1) is 9.15. The number of carbonyl (C=O) groups is 1. The van der Waals surface area contributed by atoms with Gasteiger partial charge in [-0.3, -0.25) is 4.79 Å². The molecule has 0 fully saturated rings. The Morgan fingerprint density at radius 3 is 2.68 bits per heavy atom.